The minimum absolute atomic E-state index is 0.186. The second kappa shape index (κ2) is 7.66. The zero-order chi connectivity index (χ0) is 15.1. The van der Waals surface area contributed by atoms with Crippen LogP contribution < -0.4 is 10.1 Å². The number of rotatable bonds is 9. The van der Waals surface area contributed by atoms with Crippen molar-refractivity contribution >= 4 is 0 Å². The highest BCUT2D eigenvalue weighted by Crippen LogP contribution is 2.28. The molecule has 0 radical (unpaired) electrons. The zero-order valence-electron chi connectivity index (χ0n) is 11.8. The minimum Gasteiger partial charge on any atom is -0.406 e. The Kier molecular flexibility index (Phi) is 5.87. The standard InChI is InChI=1S/C15H20F3NO2/c16-15(17,18)21-14-4-1-3-13(9-14)10-19-7-2-8-20-11-12-5-6-12/h1,3-4,9,12,19H,2,5-8,10-11H2. The maximum absolute atomic E-state index is 12.1. The molecule has 1 saturated carbocycles. The van der Waals surface area contributed by atoms with Crippen molar-refractivity contribution in [3.05, 3.63) is 29.8 Å². The average Bonchev–Trinajstić information content (AvgIpc) is 3.20. The Labute approximate surface area is 122 Å². The molecule has 118 valence electrons. The lowest BCUT2D eigenvalue weighted by atomic mass is 10.2. The zero-order valence-corrected chi connectivity index (χ0v) is 11.8. The van der Waals surface area contributed by atoms with Crippen molar-refractivity contribution in [3.63, 3.8) is 0 Å². The molecule has 0 aliphatic heterocycles. The first-order chi connectivity index (χ1) is 10.0. The van der Waals surface area contributed by atoms with Gasteiger partial charge in [0.15, 0.2) is 0 Å². The van der Waals surface area contributed by atoms with Crippen molar-refractivity contribution in [1.82, 2.24) is 5.32 Å². The molecule has 1 aromatic carbocycles. The Bertz CT molecular complexity index is 433. The monoisotopic (exact) mass is 303 g/mol. The molecular weight excluding hydrogens is 283 g/mol. The van der Waals surface area contributed by atoms with Gasteiger partial charge in [0, 0.05) is 19.8 Å². The lowest BCUT2D eigenvalue weighted by molar-refractivity contribution is -0.274. The van der Waals surface area contributed by atoms with Gasteiger partial charge >= 0.3 is 6.36 Å². The molecule has 1 aromatic rings. The second-order valence-corrected chi connectivity index (χ2v) is 5.24. The van der Waals surface area contributed by atoms with Gasteiger partial charge in [-0.3, -0.25) is 0 Å². The largest absolute Gasteiger partial charge is 0.573 e. The summed E-state index contributed by atoms with van der Waals surface area (Å²) >= 11 is 0. The molecule has 0 atom stereocenters. The van der Waals surface area contributed by atoms with Crippen LogP contribution in [0.4, 0.5) is 13.2 Å². The predicted octanol–water partition coefficient (Wildman–Crippen LogP) is 3.49. The fourth-order valence-corrected chi connectivity index (χ4v) is 1.92. The maximum Gasteiger partial charge on any atom is 0.573 e. The van der Waals surface area contributed by atoms with E-state index in [1.807, 2.05) is 0 Å². The summed E-state index contributed by atoms with van der Waals surface area (Å²) in [7, 11) is 0. The fraction of sp³-hybridized carbons (Fsp3) is 0.600. The third kappa shape index (κ3) is 7.34. The third-order valence-corrected chi connectivity index (χ3v) is 3.15. The lowest BCUT2D eigenvalue weighted by Gasteiger charge is -2.10. The van der Waals surface area contributed by atoms with E-state index in [-0.39, 0.29) is 5.75 Å². The number of hydrogen-bond donors (Lipinski definition) is 1. The van der Waals surface area contributed by atoms with E-state index in [4.69, 9.17) is 4.74 Å². The lowest BCUT2D eigenvalue weighted by Crippen LogP contribution is -2.18. The maximum atomic E-state index is 12.1. The topological polar surface area (TPSA) is 30.5 Å². The highest BCUT2D eigenvalue weighted by Gasteiger charge is 2.31. The van der Waals surface area contributed by atoms with Gasteiger partial charge in [-0.25, -0.2) is 0 Å². The van der Waals surface area contributed by atoms with Crippen LogP contribution in [-0.2, 0) is 11.3 Å². The molecule has 6 heteroatoms. The normalized spacial score (nSPS) is 15.2. The summed E-state index contributed by atoms with van der Waals surface area (Å²) in [5, 5.41) is 3.18. The van der Waals surface area contributed by atoms with Gasteiger partial charge < -0.3 is 14.8 Å². The van der Waals surface area contributed by atoms with Crippen LogP contribution in [0.5, 0.6) is 5.75 Å². The number of hydrogen-bond acceptors (Lipinski definition) is 3. The highest BCUT2D eigenvalue weighted by molar-refractivity contribution is 5.28. The van der Waals surface area contributed by atoms with E-state index in [1.165, 1.54) is 25.0 Å². The molecule has 0 amide bonds. The van der Waals surface area contributed by atoms with Crippen molar-refractivity contribution < 1.29 is 22.6 Å². The molecule has 1 aliphatic rings. The van der Waals surface area contributed by atoms with Gasteiger partial charge in [-0.2, -0.15) is 0 Å². The molecule has 0 bridgehead atoms. The van der Waals surface area contributed by atoms with Crippen LogP contribution in [-0.4, -0.2) is 26.1 Å². The van der Waals surface area contributed by atoms with Crippen LogP contribution in [0.25, 0.3) is 0 Å². The first kappa shape index (κ1) is 16.1. The van der Waals surface area contributed by atoms with Crippen LogP contribution in [0.1, 0.15) is 24.8 Å². The van der Waals surface area contributed by atoms with Crippen LogP contribution in [0, 0.1) is 5.92 Å². The quantitative estimate of drug-likeness (QED) is 0.708. The molecule has 0 aromatic heterocycles. The summed E-state index contributed by atoms with van der Waals surface area (Å²) in [4.78, 5) is 0. The van der Waals surface area contributed by atoms with E-state index in [9.17, 15) is 13.2 Å². The number of nitrogens with one attached hydrogen (secondary N) is 1. The highest BCUT2D eigenvalue weighted by atomic mass is 19.4. The van der Waals surface area contributed by atoms with E-state index < -0.39 is 6.36 Å². The first-order valence-electron chi connectivity index (χ1n) is 7.16. The third-order valence-electron chi connectivity index (χ3n) is 3.15. The van der Waals surface area contributed by atoms with E-state index in [0.29, 0.717) is 6.54 Å². The van der Waals surface area contributed by atoms with E-state index in [2.05, 4.69) is 10.1 Å². The van der Waals surface area contributed by atoms with Gasteiger partial charge in [-0.15, -0.1) is 13.2 Å². The minimum atomic E-state index is -4.65. The number of benzene rings is 1. The van der Waals surface area contributed by atoms with Crippen LogP contribution in [0.2, 0.25) is 0 Å². The van der Waals surface area contributed by atoms with Crippen LogP contribution in [0.15, 0.2) is 24.3 Å². The van der Waals surface area contributed by atoms with Crippen molar-refractivity contribution in [2.75, 3.05) is 19.8 Å². The van der Waals surface area contributed by atoms with E-state index in [1.54, 1.807) is 12.1 Å². The SMILES string of the molecule is FC(F)(F)Oc1cccc(CNCCCOCC2CC2)c1. The summed E-state index contributed by atoms with van der Waals surface area (Å²) < 4.78 is 45.7. The smallest absolute Gasteiger partial charge is 0.406 e. The van der Waals surface area contributed by atoms with Crippen molar-refractivity contribution in [1.29, 1.82) is 0 Å². The second-order valence-electron chi connectivity index (χ2n) is 5.24. The number of alkyl halides is 3. The molecule has 0 heterocycles. The molecule has 0 saturated heterocycles. The Morgan fingerprint density at radius 1 is 1.24 bits per heavy atom. The molecule has 0 spiro atoms. The molecular formula is C15H20F3NO2. The molecule has 21 heavy (non-hydrogen) atoms. The Balaban J connectivity index is 1.59. The number of ether oxygens (including phenoxy) is 2. The summed E-state index contributed by atoms with van der Waals surface area (Å²) in [6.07, 6.45) is -1.18. The van der Waals surface area contributed by atoms with Gasteiger partial charge in [0.25, 0.3) is 0 Å². The van der Waals surface area contributed by atoms with Crippen molar-refractivity contribution in [2.45, 2.75) is 32.2 Å². The molecule has 0 unspecified atom stereocenters. The first-order valence-corrected chi connectivity index (χ1v) is 7.16. The van der Waals surface area contributed by atoms with E-state index >= 15 is 0 Å². The molecule has 1 N–H and O–H groups in total. The summed E-state index contributed by atoms with van der Waals surface area (Å²) in [6, 6.07) is 6.00. The van der Waals surface area contributed by atoms with E-state index in [0.717, 1.165) is 37.7 Å². The molecule has 2 rings (SSSR count). The Morgan fingerprint density at radius 3 is 2.76 bits per heavy atom. The van der Waals surface area contributed by atoms with Gasteiger partial charge in [0.1, 0.15) is 5.75 Å². The van der Waals surface area contributed by atoms with Crippen molar-refractivity contribution in [3.8, 4) is 5.75 Å². The van der Waals surface area contributed by atoms with Crippen molar-refractivity contribution in [2.24, 2.45) is 5.92 Å². The summed E-state index contributed by atoms with van der Waals surface area (Å²) in [5.41, 5.74) is 0.760. The van der Waals surface area contributed by atoms with Gasteiger partial charge in [0.2, 0.25) is 0 Å². The summed E-state index contributed by atoms with van der Waals surface area (Å²) in [5.74, 6) is 0.587. The average molecular weight is 303 g/mol. The Hall–Kier alpha value is -1.27. The van der Waals surface area contributed by atoms with Crippen LogP contribution >= 0.6 is 0 Å². The molecule has 1 fully saturated rings. The fourth-order valence-electron chi connectivity index (χ4n) is 1.92. The van der Waals surface area contributed by atoms with Crippen LogP contribution in [0.3, 0.4) is 0 Å². The predicted molar refractivity (Wildman–Crippen MR) is 73.0 cm³/mol. The van der Waals surface area contributed by atoms with Gasteiger partial charge in [0.05, 0.1) is 0 Å². The Morgan fingerprint density at radius 2 is 2.05 bits per heavy atom. The van der Waals surface area contributed by atoms with Gasteiger partial charge in [-0.05, 0) is 49.4 Å². The number of halogens is 3. The molecule has 1 aliphatic carbocycles. The summed E-state index contributed by atoms with van der Waals surface area (Å²) in [6.45, 7) is 2.87. The van der Waals surface area contributed by atoms with Gasteiger partial charge in [-0.1, -0.05) is 12.1 Å². The molecule has 3 nitrogen and oxygen atoms in total.